The lowest BCUT2D eigenvalue weighted by atomic mass is 10.1. The molecule has 1 unspecified atom stereocenters. The third kappa shape index (κ3) is 7.34. The fraction of sp³-hybridized carbons (Fsp3) is 1.00. The number of sulfone groups is 1. The Labute approximate surface area is 103 Å². The molecule has 0 rings (SSSR count). The van der Waals surface area contributed by atoms with Gasteiger partial charge in [-0.15, -0.1) is 0 Å². The van der Waals surface area contributed by atoms with Crippen LogP contribution in [0.15, 0.2) is 0 Å². The van der Waals surface area contributed by atoms with E-state index in [2.05, 4.69) is 29.8 Å². The van der Waals surface area contributed by atoms with Gasteiger partial charge in [0.05, 0.1) is 11.0 Å². The van der Waals surface area contributed by atoms with Crippen molar-refractivity contribution in [3.8, 4) is 0 Å². The third-order valence-electron chi connectivity index (χ3n) is 2.39. The molecule has 2 nitrogen and oxygen atoms in total. The van der Waals surface area contributed by atoms with Crippen molar-refractivity contribution < 1.29 is 8.42 Å². The fourth-order valence-corrected chi connectivity index (χ4v) is 3.48. The summed E-state index contributed by atoms with van der Waals surface area (Å²) < 4.78 is 23.0. The number of hydrogen-bond donors (Lipinski definition) is 0. The molecule has 0 saturated heterocycles. The van der Waals surface area contributed by atoms with E-state index in [1.54, 1.807) is 13.8 Å². The van der Waals surface area contributed by atoms with E-state index in [0.29, 0.717) is 16.5 Å². The average Bonchev–Trinajstić information content (AvgIpc) is 2.01. The second-order valence-electron chi connectivity index (χ2n) is 4.78. The zero-order chi connectivity index (χ0) is 12.1. The van der Waals surface area contributed by atoms with Crippen LogP contribution in [0.5, 0.6) is 0 Å². The molecular formula is C11H23BrO2S. The van der Waals surface area contributed by atoms with Gasteiger partial charge >= 0.3 is 0 Å². The lowest BCUT2D eigenvalue weighted by Gasteiger charge is -2.12. The molecule has 0 aromatic carbocycles. The fourth-order valence-electron chi connectivity index (χ4n) is 1.37. The van der Waals surface area contributed by atoms with Gasteiger partial charge in [0.15, 0.2) is 9.84 Å². The Kier molecular flexibility index (Phi) is 7.09. The van der Waals surface area contributed by atoms with Crippen molar-refractivity contribution in [1.29, 1.82) is 0 Å². The van der Waals surface area contributed by atoms with E-state index in [0.717, 1.165) is 19.3 Å². The topological polar surface area (TPSA) is 34.1 Å². The molecule has 0 aliphatic carbocycles. The summed E-state index contributed by atoms with van der Waals surface area (Å²) in [6, 6.07) is 0. The number of rotatable bonds is 7. The van der Waals surface area contributed by atoms with Gasteiger partial charge in [0.25, 0.3) is 0 Å². The molecule has 15 heavy (non-hydrogen) atoms. The van der Waals surface area contributed by atoms with Gasteiger partial charge in [0.2, 0.25) is 0 Å². The predicted octanol–water partition coefficient (Wildman–Crippen LogP) is 3.40. The highest BCUT2D eigenvalue weighted by molar-refractivity contribution is 9.09. The van der Waals surface area contributed by atoms with E-state index < -0.39 is 9.84 Å². The molecule has 0 saturated carbocycles. The zero-order valence-corrected chi connectivity index (χ0v) is 12.6. The van der Waals surface area contributed by atoms with Gasteiger partial charge in [-0.2, -0.15) is 0 Å². The Morgan fingerprint density at radius 2 is 1.67 bits per heavy atom. The van der Waals surface area contributed by atoms with Gasteiger partial charge in [-0.1, -0.05) is 29.8 Å². The maximum atomic E-state index is 11.5. The molecule has 0 bridgehead atoms. The summed E-state index contributed by atoms with van der Waals surface area (Å²) in [5.41, 5.74) is 0. The SMILES string of the molecule is CC(C)CC(Br)CCCS(=O)(=O)C(C)C. The maximum absolute atomic E-state index is 11.5. The lowest BCUT2D eigenvalue weighted by molar-refractivity contribution is 0.546. The van der Waals surface area contributed by atoms with E-state index in [1.165, 1.54) is 0 Å². The Hall–Kier alpha value is 0.430. The first-order valence-corrected chi connectivity index (χ1v) is 8.24. The molecule has 4 heteroatoms. The molecule has 1 atom stereocenters. The van der Waals surface area contributed by atoms with E-state index >= 15 is 0 Å². The van der Waals surface area contributed by atoms with Crippen molar-refractivity contribution in [3.63, 3.8) is 0 Å². The van der Waals surface area contributed by atoms with Crippen LogP contribution in [0.3, 0.4) is 0 Å². The van der Waals surface area contributed by atoms with E-state index in [4.69, 9.17) is 0 Å². The minimum atomic E-state index is -2.84. The molecule has 92 valence electrons. The van der Waals surface area contributed by atoms with Crippen molar-refractivity contribution in [3.05, 3.63) is 0 Å². The Morgan fingerprint density at radius 1 is 1.13 bits per heavy atom. The highest BCUT2D eigenvalue weighted by Gasteiger charge is 2.16. The molecule has 0 aliphatic rings. The summed E-state index contributed by atoms with van der Waals surface area (Å²) >= 11 is 3.59. The predicted molar refractivity (Wildman–Crippen MR) is 70.3 cm³/mol. The second-order valence-corrected chi connectivity index (χ2v) is 8.76. The number of alkyl halides is 1. The highest BCUT2D eigenvalue weighted by atomic mass is 79.9. The zero-order valence-electron chi connectivity index (χ0n) is 10.2. The summed E-state index contributed by atoms with van der Waals surface area (Å²) in [5, 5.41) is -0.239. The molecule has 0 fully saturated rings. The van der Waals surface area contributed by atoms with Gasteiger partial charge in [-0.25, -0.2) is 8.42 Å². The molecule has 0 aromatic rings. The number of hydrogen-bond acceptors (Lipinski definition) is 2. The van der Waals surface area contributed by atoms with Crippen molar-refractivity contribution in [2.75, 3.05) is 5.75 Å². The first kappa shape index (κ1) is 15.4. The largest absolute Gasteiger partial charge is 0.229 e. The molecule has 0 aromatic heterocycles. The molecule has 0 amide bonds. The van der Waals surface area contributed by atoms with Crippen LogP contribution in [0.4, 0.5) is 0 Å². The summed E-state index contributed by atoms with van der Waals surface area (Å²) in [6.45, 7) is 7.85. The summed E-state index contributed by atoms with van der Waals surface area (Å²) in [6.07, 6.45) is 2.83. The van der Waals surface area contributed by atoms with Gasteiger partial charge in [-0.05, 0) is 39.0 Å². The first-order chi connectivity index (χ1) is 6.75. The van der Waals surface area contributed by atoms with Crippen LogP contribution < -0.4 is 0 Å². The molecule has 0 aliphatic heterocycles. The lowest BCUT2D eigenvalue weighted by Crippen LogP contribution is -2.18. The molecule has 0 N–H and O–H groups in total. The maximum Gasteiger partial charge on any atom is 0.152 e. The van der Waals surface area contributed by atoms with Crippen LogP contribution in [0.1, 0.15) is 47.0 Å². The van der Waals surface area contributed by atoms with Crippen LogP contribution in [0, 0.1) is 5.92 Å². The summed E-state index contributed by atoms with van der Waals surface area (Å²) in [4.78, 5) is 0.458. The quantitative estimate of drug-likeness (QED) is 0.675. The van der Waals surface area contributed by atoms with E-state index in [9.17, 15) is 8.42 Å². The minimum absolute atomic E-state index is 0.239. The van der Waals surface area contributed by atoms with Crippen molar-refractivity contribution in [2.24, 2.45) is 5.92 Å². The number of halogens is 1. The van der Waals surface area contributed by atoms with E-state index in [1.807, 2.05) is 0 Å². The van der Waals surface area contributed by atoms with Crippen LogP contribution >= 0.6 is 15.9 Å². The summed E-state index contributed by atoms with van der Waals surface area (Å²) in [7, 11) is -2.84. The van der Waals surface area contributed by atoms with E-state index in [-0.39, 0.29) is 5.25 Å². The minimum Gasteiger partial charge on any atom is -0.229 e. The summed E-state index contributed by atoms with van der Waals surface area (Å²) in [5.74, 6) is 0.987. The Bertz CT molecular complexity index is 258. The Balaban J connectivity index is 3.80. The highest BCUT2D eigenvalue weighted by Crippen LogP contribution is 2.18. The van der Waals surface area contributed by atoms with Crippen LogP contribution in [0.2, 0.25) is 0 Å². The van der Waals surface area contributed by atoms with Gasteiger partial charge in [0, 0.05) is 4.83 Å². The molecule has 0 radical (unpaired) electrons. The smallest absolute Gasteiger partial charge is 0.152 e. The standard InChI is InChI=1S/C11H23BrO2S/c1-9(2)8-11(12)6-5-7-15(13,14)10(3)4/h9-11H,5-8H2,1-4H3. The monoisotopic (exact) mass is 298 g/mol. The van der Waals surface area contributed by atoms with Crippen molar-refractivity contribution in [1.82, 2.24) is 0 Å². The van der Waals surface area contributed by atoms with Crippen molar-refractivity contribution >= 4 is 25.8 Å². The second kappa shape index (κ2) is 6.89. The third-order valence-corrected chi connectivity index (χ3v) is 5.52. The van der Waals surface area contributed by atoms with Crippen LogP contribution in [-0.2, 0) is 9.84 Å². The van der Waals surface area contributed by atoms with Crippen molar-refractivity contribution in [2.45, 2.75) is 57.0 Å². The Morgan fingerprint density at radius 3 is 2.07 bits per heavy atom. The van der Waals surface area contributed by atoms with Crippen LogP contribution in [-0.4, -0.2) is 24.2 Å². The molecule has 0 spiro atoms. The van der Waals surface area contributed by atoms with Gasteiger partial charge < -0.3 is 0 Å². The molecular weight excluding hydrogens is 276 g/mol. The van der Waals surface area contributed by atoms with Crippen LogP contribution in [0.25, 0.3) is 0 Å². The average molecular weight is 299 g/mol. The van der Waals surface area contributed by atoms with Gasteiger partial charge in [-0.3, -0.25) is 0 Å². The first-order valence-electron chi connectivity index (χ1n) is 5.61. The normalized spacial score (nSPS) is 14.9. The van der Waals surface area contributed by atoms with Gasteiger partial charge in [0.1, 0.15) is 0 Å². The molecule has 0 heterocycles.